The third-order valence-electron chi connectivity index (χ3n) is 4.24. The summed E-state index contributed by atoms with van der Waals surface area (Å²) < 4.78 is 4.94. The summed E-state index contributed by atoms with van der Waals surface area (Å²) in [4.78, 5) is 14.4. The maximum atomic E-state index is 12.0. The van der Waals surface area contributed by atoms with E-state index >= 15 is 0 Å². The molecule has 1 aromatic rings. The smallest absolute Gasteiger partial charge is 0.338 e. The summed E-state index contributed by atoms with van der Waals surface area (Å²) in [5.41, 5.74) is 4.53. The average molecular weight is 260 g/mol. The molecule has 0 aliphatic carbocycles. The molecule has 0 aromatic heterocycles. The first kappa shape index (κ1) is 12.5. The molecule has 4 heteroatoms. The quantitative estimate of drug-likeness (QED) is 0.825. The number of benzene rings is 1. The molecular formula is C15H20N2O2. The van der Waals surface area contributed by atoms with Gasteiger partial charge in [0.15, 0.2) is 0 Å². The fraction of sp³-hybridized carbons (Fsp3) is 0.533. The van der Waals surface area contributed by atoms with Crippen LogP contribution < -0.4 is 10.2 Å². The number of rotatable bonds is 2. The molecule has 0 fully saturated rings. The number of ether oxygens (including phenoxy) is 1. The summed E-state index contributed by atoms with van der Waals surface area (Å²) >= 11 is 0. The molecule has 19 heavy (non-hydrogen) atoms. The Morgan fingerprint density at radius 3 is 3.11 bits per heavy atom. The highest BCUT2D eigenvalue weighted by Gasteiger charge is 2.34. The van der Waals surface area contributed by atoms with Gasteiger partial charge in [0.2, 0.25) is 0 Å². The monoisotopic (exact) mass is 260 g/mol. The number of esters is 1. The third kappa shape index (κ3) is 1.91. The minimum atomic E-state index is -0.213. The van der Waals surface area contributed by atoms with Crippen LogP contribution in [0.2, 0.25) is 0 Å². The third-order valence-corrected chi connectivity index (χ3v) is 4.24. The normalized spacial score (nSPS) is 20.9. The van der Waals surface area contributed by atoms with Crippen molar-refractivity contribution in [3.05, 3.63) is 28.8 Å². The van der Waals surface area contributed by atoms with E-state index < -0.39 is 0 Å². The molecule has 1 aromatic carbocycles. The second-order valence-electron chi connectivity index (χ2n) is 5.25. The van der Waals surface area contributed by atoms with Crippen LogP contribution in [0.3, 0.4) is 0 Å². The minimum Gasteiger partial charge on any atom is -0.465 e. The fourth-order valence-electron chi connectivity index (χ4n) is 3.29. The van der Waals surface area contributed by atoms with E-state index in [9.17, 15) is 4.79 Å². The first-order valence-corrected chi connectivity index (χ1v) is 6.96. The van der Waals surface area contributed by atoms with Crippen LogP contribution in [0.15, 0.2) is 12.1 Å². The maximum Gasteiger partial charge on any atom is 0.338 e. The summed E-state index contributed by atoms with van der Waals surface area (Å²) in [7, 11) is 1.45. The van der Waals surface area contributed by atoms with Crippen LogP contribution in [0.25, 0.3) is 0 Å². The first-order valence-electron chi connectivity index (χ1n) is 6.96. The summed E-state index contributed by atoms with van der Waals surface area (Å²) in [6, 6.07) is 3.99. The van der Waals surface area contributed by atoms with Crippen LogP contribution in [-0.4, -0.2) is 32.7 Å². The molecule has 0 bridgehead atoms. The highest BCUT2D eigenvalue weighted by Crippen LogP contribution is 2.43. The molecule has 0 radical (unpaired) electrons. The van der Waals surface area contributed by atoms with Gasteiger partial charge in [-0.25, -0.2) is 4.79 Å². The second-order valence-corrected chi connectivity index (χ2v) is 5.25. The number of hydrogen-bond acceptors (Lipinski definition) is 4. The Balaban J connectivity index is 2.18. The van der Waals surface area contributed by atoms with E-state index in [2.05, 4.69) is 23.2 Å². The summed E-state index contributed by atoms with van der Waals surface area (Å²) in [6.07, 6.45) is 1.06. The molecule has 0 saturated heterocycles. The number of carbonyl (C=O) groups is 1. The predicted octanol–water partition coefficient (Wildman–Crippen LogP) is 1.89. The zero-order chi connectivity index (χ0) is 13.4. The van der Waals surface area contributed by atoms with Crippen molar-refractivity contribution >= 4 is 11.7 Å². The lowest BCUT2D eigenvalue weighted by atomic mass is 9.92. The van der Waals surface area contributed by atoms with Crippen LogP contribution in [0, 0.1) is 0 Å². The van der Waals surface area contributed by atoms with E-state index in [4.69, 9.17) is 4.74 Å². The van der Waals surface area contributed by atoms with Gasteiger partial charge in [0.05, 0.1) is 12.7 Å². The van der Waals surface area contributed by atoms with Crippen molar-refractivity contribution in [2.24, 2.45) is 0 Å². The molecule has 4 nitrogen and oxygen atoms in total. The lowest BCUT2D eigenvalue weighted by Gasteiger charge is -2.18. The van der Waals surface area contributed by atoms with Gasteiger partial charge in [-0.3, -0.25) is 0 Å². The minimum absolute atomic E-state index is 0.213. The van der Waals surface area contributed by atoms with Crippen LogP contribution in [0.1, 0.15) is 40.7 Å². The Bertz CT molecular complexity index is 513. The average Bonchev–Trinajstić information content (AvgIpc) is 2.69. The van der Waals surface area contributed by atoms with Gasteiger partial charge in [0, 0.05) is 37.8 Å². The molecule has 3 rings (SSSR count). The van der Waals surface area contributed by atoms with Crippen molar-refractivity contribution < 1.29 is 9.53 Å². The van der Waals surface area contributed by atoms with Gasteiger partial charge in [-0.1, -0.05) is 13.0 Å². The van der Waals surface area contributed by atoms with E-state index in [1.54, 1.807) is 0 Å². The standard InChI is InChI=1S/C15H20N2O2/c1-3-10-9-17-7-6-16-8-11-4-5-12(15(18)19-2)13(10)14(11)17/h4-5,10,16H,3,6-9H2,1-2H3. The zero-order valence-corrected chi connectivity index (χ0v) is 11.5. The fourth-order valence-corrected chi connectivity index (χ4v) is 3.29. The van der Waals surface area contributed by atoms with Crippen molar-refractivity contribution in [3.8, 4) is 0 Å². The molecule has 2 heterocycles. The topological polar surface area (TPSA) is 41.6 Å². The Kier molecular flexibility index (Phi) is 3.19. The van der Waals surface area contributed by atoms with Gasteiger partial charge in [-0.15, -0.1) is 0 Å². The molecule has 1 unspecified atom stereocenters. The highest BCUT2D eigenvalue weighted by atomic mass is 16.5. The van der Waals surface area contributed by atoms with Gasteiger partial charge < -0.3 is 15.0 Å². The van der Waals surface area contributed by atoms with Gasteiger partial charge in [-0.2, -0.15) is 0 Å². The van der Waals surface area contributed by atoms with Crippen LogP contribution in [0.5, 0.6) is 0 Å². The molecule has 0 spiro atoms. The van der Waals surface area contributed by atoms with Crippen molar-refractivity contribution in [3.63, 3.8) is 0 Å². The Morgan fingerprint density at radius 2 is 2.37 bits per heavy atom. The number of nitrogens with one attached hydrogen (secondary N) is 1. The summed E-state index contributed by atoms with van der Waals surface area (Å²) in [6.45, 7) is 6.11. The number of methoxy groups -OCH3 is 1. The molecule has 102 valence electrons. The lowest BCUT2D eigenvalue weighted by Crippen LogP contribution is -2.28. The second kappa shape index (κ2) is 4.85. The SMILES string of the molecule is CCC1CN2CCNCc3ccc(C(=O)OC)c1c32. The molecular weight excluding hydrogens is 240 g/mol. The predicted molar refractivity (Wildman–Crippen MR) is 74.7 cm³/mol. The van der Waals surface area contributed by atoms with Crippen molar-refractivity contribution in [2.75, 3.05) is 31.6 Å². The summed E-state index contributed by atoms with van der Waals surface area (Å²) in [5, 5.41) is 3.43. The summed E-state index contributed by atoms with van der Waals surface area (Å²) in [5.74, 6) is 0.234. The Labute approximate surface area is 113 Å². The maximum absolute atomic E-state index is 12.0. The van der Waals surface area contributed by atoms with E-state index in [0.717, 1.165) is 38.2 Å². The molecule has 0 amide bonds. The van der Waals surface area contributed by atoms with Crippen molar-refractivity contribution in [1.82, 2.24) is 5.32 Å². The van der Waals surface area contributed by atoms with E-state index in [0.29, 0.717) is 5.92 Å². The molecule has 2 aliphatic heterocycles. The number of anilines is 1. The lowest BCUT2D eigenvalue weighted by molar-refractivity contribution is 0.0599. The Hall–Kier alpha value is -1.55. The Morgan fingerprint density at radius 1 is 1.53 bits per heavy atom. The van der Waals surface area contributed by atoms with E-state index in [1.807, 2.05) is 6.07 Å². The number of hydrogen-bond donors (Lipinski definition) is 1. The van der Waals surface area contributed by atoms with Gasteiger partial charge in [0.25, 0.3) is 0 Å². The molecule has 1 atom stereocenters. The van der Waals surface area contributed by atoms with E-state index in [1.165, 1.54) is 23.9 Å². The first-order chi connectivity index (χ1) is 9.26. The van der Waals surface area contributed by atoms with Crippen LogP contribution >= 0.6 is 0 Å². The highest BCUT2D eigenvalue weighted by molar-refractivity contribution is 5.94. The van der Waals surface area contributed by atoms with E-state index in [-0.39, 0.29) is 5.97 Å². The van der Waals surface area contributed by atoms with Gasteiger partial charge in [0.1, 0.15) is 0 Å². The van der Waals surface area contributed by atoms with Gasteiger partial charge >= 0.3 is 5.97 Å². The van der Waals surface area contributed by atoms with Crippen LogP contribution in [-0.2, 0) is 11.3 Å². The molecule has 2 aliphatic rings. The van der Waals surface area contributed by atoms with Gasteiger partial charge in [-0.05, 0) is 23.6 Å². The largest absolute Gasteiger partial charge is 0.465 e. The number of carbonyl (C=O) groups excluding carboxylic acids is 1. The molecule has 0 saturated carbocycles. The number of nitrogens with zero attached hydrogens (tertiary/aromatic N) is 1. The van der Waals surface area contributed by atoms with Crippen molar-refractivity contribution in [2.45, 2.75) is 25.8 Å². The van der Waals surface area contributed by atoms with Crippen LogP contribution in [0.4, 0.5) is 5.69 Å². The molecule has 1 N–H and O–H groups in total. The zero-order valence-electron chi connectivity index (χ0n) is 11.5. The van der Waals surface area contributed by atoms with Crippen molar-refractivity contribution in [1.29, 1.82) is 0 Å².